The van der Waals surface area contributed by atoms with Crippen molar-refractivity contribution in [1.29, 1.82) is 0 Å². The Morgan fingerprint density at radius 3 is 1.17 bits per heavy atom. The summed E-state index contributed by atoms with van der Waals surface area (Å²) < 4.78 is 0. The lowest BCUT2D eigenvalue weighted by Crippen LogP contribution is -2.28. The van der Waals surface area contributed by atoms with Crippen molar-refractivity contribution < 1.29 is 30.0 Å². The molecule has 0 bridgehead atoms. The average Bonchev–Trinajstić information content (AvgIpc) is 2.45. The number of carbonyl (C=O) groups is 2. The van der Waals surface area contributed by atoms with Gasteiger partial charge < -0.3 is 20.4 Å². The second kappa shape index (κ2) is 14.8. The van der Waals surface area contributed by atoms with Crippen molar-refractivity contribution in [2.24, 2.45) is 22.7 Å². The van der Waals surface area contributed by atoms with Crippen LogP contribution in [0.5, 0.6) is 0 Å². The number of hydrogen-bond acceptors (Lipinski definition) is 4. The summed E-state index contributed by atoms with van der Waals surface area (Å²) in [6.45, 7) is 16.8. The summed E-state index contributed by atoms with van der Waals surface area (Å²) in [5.41, 5.74) is 0.490. The van der Waals surface area contributed by atoms with Crippen LogP contribution in [0.15, 0.2) is 0 Å². The first-order valence-corrected chi connectivity index (χ1v) is 11.2. The quantitative estimate of drug-likeness (QED) is 0.450. The summed E-state index contributed by atoms with van der Waals surface area (Å²) >= 11 is 0. The number of carboxylic acids is 2. The molecule has 0 amide bonds. The smallest absolute Gasteiger partial charge is 0.303 e. The molecule has 0 aromatic rings. The topological polar surface area (TPSA) is 115 Å². The third-order valence-corrected chi connectivity index (χ3v) is 4.66. The van der Waals surface area contributed by atoms with Crippen LogP contribution in [0.4, 0.5) is 0 Å². The predicted octanol–water partition coefficient (Wildman–Crippen LogP) is 5.35. The molecule has 1 rings (SSSR count). The zero-order valence-electron chi connectivity index (χ0n) is 20.6. The van der Waals surface area contributed by atoms with E-state index in [0.717, 1.165) is 38.5 Å². The molecule has 4 unspecified atom stereocenters. The molecule has 6 heteroatoms. The number of aliphatic hydroxyl groups excluding tert-OH is 2. The molecule has 0 spiro atoms. The molecule has 4 N–H and O–H groups in total. The van der Waals surface area contributed by atoms with Crippen molar-refractivity contribution in [3.05, 3.63) is 0 Å². The van der Waals surface area contributed by atoms with E-state index in [1.807, 2.05) is 13.8 Å². The van der Waals surface area contributed by atoms with Gasteiger partial charge in [-0.25, -0.2) is 0 Å². The Hall–Kier alpha value is -1.14. The van der Waals surface area contributed by atoms with Gasteiger partial charge in [-0.2, -0.15) is 0 Å². The summed E-state index contributed by atoms with van der Waals surface area (Å²) in [5, 5.41) is 34.8. The van der Waals surface area contributed by atoms with Gasteiger partial charge in [0.2, 0.25) is 0 Å². The maximum atomic E-state index is 10.3. The van der Waals surface area contributed by atoms with E-state index in [1.165, 1.54) is 0 Å². The molecule has 0 aliphatic heterocycles. The van der Waals surface area contributed by atoms with Crippen molar-refractivity contribution in [2.45, 2.75) is 119 Å². The zero-order chi connectivity index (χ0) is 24.1. The molecule has 0 aromatic carbocycles. The van der Waals surface area contributed by atoms with Crippen molar-refractivity contribution in [3.8, 4) is 0 Å². The Labute approximate surface area is 184 Å². The lowest BCUT2D eigenvalue weighted by atomic mass is 9.84. The van der Waals surface area contributed by atoms with Gasteiger partial charge in [0.05, 0.1) is 12.2 Å². The first-order chi connectivity index (χ1) is 13.4. The standard InChI is InChI=1S/2C9H18O2.C6H12O2/c2*1-7(5-8(10)11)6-9(2,3)4;7-5-3-1-2-4-6(5)8/h2*7H,5-6H2,1-4H3,(H,10,11);5-8H,1-4H2. The second-order valence-electron chi connectivity index (χ2n) is 11.4. The number of hydrogen-bond donors (Lipinski definition) is 4. The van der Waals surface area contributed by atoms with Crippen LogP contribution in [0, 0.1) is 22.7 Å². The minimum Gasteiger partial charge on any atom is -0.481 e. The van der Waals surface area contributed by atoms with Crippen molar-refractivity contribution in [1.82, 2.24) is 0 Å². The van der Waals surface area contributed by atoms with E-state index in [9.17, 15) is 9.59 Å². The van der Waals surface area contributed by atoms with E-state index in [1.54, 1.807) is 0 Å². The Balaban J connectivity index is 0. The molecule has 1 saturated carbocycles. The molecule has 0 heterocycles. The minimum absolute atomic E-state index is 0.245. The van der Waals surface area contributed by atoms with Crippen LogP contribution in [0.1, 0.15) is 107 Å². The van der Waals surface area contributed by atoms with Gasteiger partial charge >= 0.3 is 11.9 Å². The van der Waals surface area contributed by atoms with Crippen molar-refractivity contribution in [3.63, 3.8) is 0 Å². The lowest BCUT2D eigenvalue weighted by Gasteiger charge is -2.22. The molecular formula is C24H48O6. The van der Waals surface area contributed by atoms with Gasteiger partial charge in [-0.15, -0.1) is 0 Å². The van der Waals surface area contributed by atoms with Gasteiger partial charge in [0.15, 0.2) is 0 Å². The maximum absolute atomic E-state index is 10.3. The Kier molecular flexibility index (Phi) is 15.3. The highest BCUT2D eigenvalue weighted by Gasteiger charge is 2.19. The molecule has 30 heavy (non-hydrogen) atoms. The van der Waals surface area contributed by atoms with Gasteiger partial charge in [-0.05, 0) is 48.3 Å². The Morgan fingerprint density at radius 2 is 1.00 bits per heavy atom. The van der Waals surface area contributed by atoms with Crippen LogP contribution in [0.2, 0.25) is 0 Å². The fraction of sp³-hybridized carbons (Fsp3) is 0.917. The van der Waals surface area contributed by atoms with E-state index in [-0.39, 0.29) is 35.5 Å². The molecular weight excluding hydrogens is 384 g/mol. The SMILES string of the molecule is CC(CC(=O)O)CC(C)(C)C.CC(CC(=O)O)CC(C)(C)C.OC1CCCCC1O. The fourth-order valence-electron chi connectivity index (χ4n) is 3.92. The summed E-state index contributed by atoms with van der Waals surface area (Å²) in [4.78, 5) is 20.6. The predicted molar refractivity (Wildman–Crippen MR) is 121 cm³/mol. The van der Waals surface area contributed by atoms with E-state index in [2.05, 4.69) is 41.5 Å². The lowest BCUT2D eigenvalue weighted by molar-refractivity contribution is -0.139. The molecule has 1 aliphatic rings. The van der Waals surface area contributed by atoms with Gasteiger partial charge in [-0.3, -0.25) is 9.59 Å². The number of carboxylic acid groups (broad SMARTS) is 2. The Morgan fingerprint density at radius 1 is 0.733 bits per heavy atom. The van der Waals surface area contributed by atoms with Crippen molar-refractivity contribution in [2.75, 3.05) is 0 Å². The molecule has 0 aromatic heterocycles. The average molecular weight is 433 g/mol. The fourth-order valence-corrected chi connectivity index (χ4v) is 3.92. The molecule has 4 atom stereocenters. The van der Waals surface area contributed by atoms with E-state index in [4.69, 9.17) is 20.4 Å². The molecule has 180 valence electrons. The van der Waals surface area contributed by atoms with Crippen LogP contribution in [0.25, 0.3) is 0 Å². The van der Waals surface area contributed by atoms with Crippen LogP contribution >= 0.6 is 0 Å². The number of aliphatic hydroxyl groups is 2. The third kappa shape index (κ3) is 23.1. The molecule has 0 radical (unpaired) electrons. The second-order valence-corrected chi connectivity index (χ2v) is 11.4. The molecule has 1 fully saturated rings. The highest BCUT2D eigenvalue weighted by atomic mass is 16.4. The maximum Gasteiger partial charge on any atom is 0.303 e. The van der Waals surface area contributed by atoms with Gasteiger partial charge in [0.1, 0.15) is 0 Å². The van der Waals surface area contributed by atoms with Gasteiger partial charge in [0.25, 0.3) is 0 Å². The van der Waals surface area contributed by atoms with E-state index < -0.39 is 24.1 Å². The van der Waals surface area contributed by atoms with Crippen LogP contribution < -0.4 is 0 Å². The molecule has 6 nitrogen and oxygen atoms in total. The summed E-state index contributed by atoms with van der Waals surface area (Å²) in [7, 11) is 0. The van der Waals surface area contributed by atoms with E-state index >= 15 is 0 Å². The first kappa shape index (κ1) is 31.0. The Bertz CT molecular complexity index is 431. The van der Waals surface area contributed by atoms with Gasteiger partial charge in [0, 0.05) is 12.8 Å². The highest BCUT2D eigenvalue weighted by Crippen LogP contribution is 2.26. The molecule has 0 saturated heterocycles. The van der Waals surface area contributed by atoms with Gasteiger partial charge in [-0.1, -0.05) is 68.2 Å². The van der Waals surface area contributed by atoms with E-state index in [0.29, 0.717) is 0 Å². The zero-order valence-corrected chi connectivity index (χ0v) is 20.6. The number of rotatable bonds is 6. The minimum atomic E-state index is -0.693. The summed E-state index contributed by atoms with van der Waals surface area (Å²) in [6.07, 6.45) is 5.33. The van der Waals surface area contributed by atoms with Crippen molar-refractivity contribution >= 4 is 11.9 Å². The monoisotopic (exact) mass is 432 g/mol. The van der Waals surface area contributed by atoms with Crippen LogP contribution in [-0.4, -0.2) is 44.6 Å². The normalized spacial score (nSPS) is 21.3. The first-order valence-electron chi connectivity index (χ1n) is 11.2. The van der Waals surface area contributed by atoms with Crippen LogP contribution in [0.3, 0.4) is 0 Å². The summed E-state index contributed by atoms with van der Waals surface area (Å²) in [5.74, 6) is -0.816. The highest BCUT2D eigenvalue weighted by molar-refractivity contribution is 5.67. The number of aliphatic carboxylic acids is 2. The largest absolute Gasteiger partial charge is 0.481 e. The third-order valence-electron chi connectivity index (χ3n) is 4.66. The van der Waals surface area contributed by atoms with Crippen LogP contribution in [-0.2, 0) is 9.59 Å². The summed E-state index contributed by atoms with van der Waals surface area (Å²) in [6, 6.07) is 0. The molecule has 1 aliphatic carbocycles.